The van der Waals surface area contributed by atoms with Crippen molar-refractivity contribution in [1.82, 2.24) is 4.98 Å². The molecule has 0 saturated heterocycles. The molecule has 0 aliphatic rings. The topological polar surface area (TPSA) is 106 Å². The highest BCUT2D eigenvalue weighted by Gasteiger charge is 2.26. The maximum Gasteiger partial charge on any atom is 0.389 e. The molecule has 0 aliphatic heterocycles. The summed E-state index contributed by atoms with van der Waals surface area (Å²) in [6, 6.07) is 14.3. The van der Waals surface area contributed by atoms with E-state index < -0.39 is 18.2 Å². The molecule has 0 atom stereocenters. The lowest BCUT2D eigenvalue weighted by molar-refractivity contribution is -0.136. The summed E-state index contributed by atoms with van der Waals surface area (Å²) in [5.41, 5.74) is 10.4. The van der Waals surface area contributed by atoms with Crippen LogP contribution in [-0.2, 0) is 0 Å². The Morgan fingerprint density at radius 3 is 2.30 bits per heavy atom. The summed E-state index contributed by atoms with van der Waals surface area (Å²) >= 11 is 0. The lowest BCUT2D eigenvalue weighted by atomic mass is 9.95. The Balaban J connectivity index is 1.93. The van der Waals surface area contributed by atoms with E-state index in [1.165, 1.54) is 0 Å². The molecule has 0 fully saturated rings. The van der Waals surface area contributed by atoms with Gasteiger partial charge in [0.15, 0.2) is 5.84 Å². The van der Waals surface area contributed by atoms with Crippen molar-refractivity contribution in [3.05, 3.63) is 75.6 Å². The van der Waals surface area contributed by atoms with E-state index in [-0.39, 0.29) is 24.4 Å². The van der Waals surface area contributed by atoms with E-state index in [0.717, 1.165) is 16.7 Å². The standard InChI is InChI=1S/C24H25F3N4O2/c1-14-4-5-17(12-15(14)2)19-13-20(30-23(32)21(19)22(28)31-29)16-6-8-18(9-7-16)33-11-3-10-24(25,26)27/h4-9,12-13H,3,10-11,29H2,1-2H3,(H2,28,31)(H,30,32). The van der Waals surface area contributed by atoms with E-state index in [4.69, 9.17) is 16.3 Å². The minimum atomic E-state index is -4.20. The number of pyridine rings is 1. The fourth-order valence-corrected chi connectivity index (χ4v) is 3.36. The molecule has 1 heterocycles. The number of benzene rings is 2. The maximum atomic E-state index is 12.9. The van der Waals surface area contributed by atoms with Crippen molar-refractivity contribution in [1.29, 1.82) is 0 Å². The largest absolute Gasteiger partial charge is 0.494 e. The third-order valence-electron chi connectivity index (χ3n) is 5.29. The highest BCUT2D eigenvalue weighted by atomic mass is 19.4. The Labute approximate surface area is 189 Å². The third kappa shape index (κ3) is 5.94. The minimum absolute atomic E-state index is 0.0426. The number of nitrogens with one attached hydrogen (secondary N) is 1. The molecule has 0 spiro atoms. The molecule has 0 aliphatic carbocycles. The van der Waals surface area contributed by atoms with Crippen molar-refractivity contribution in [2.45, 2.75) is 32.9 Å². The van der Waals surface area contributed by atoms with Crippen LogP contribution in [0.1, 0.15) is 29.5 Å². The molecule has 0 bridgehead atoms. The Kier molecular flexibility index (Phi) is 7.10. The average molecular weight is 458 g/mol. The number of aromatic amines is 1. The van der Waals surface area contributed by atoms with Gasteiger partial charge in [0.2, 0.25) is 0 Å². The first-order chi connectivity index (χ1) is 15.6. The number of rotatable bonds is 7. The third-order valence-corrected chi connectivity index (χ3v) is 5.29. The molecule has 0 saturated carbocycles. The van der Waals surface area contributed by atoms with Gasteiger partial charge in [0.05, 0.1) is 12.2 Å². The number of alkyl halides is 3. The van der Waals surface area contributed by atoms with Gasteiger partial charge in [-0.15, -0.1) is 0 Å². The van der Waals surface area contributed by atoms with Gasteiger partial charge in [-0.05, 0) is 72.9 Å². The summed E-state index contributed by atoms with van der Waals surface area (Å²) in [7, 11) is 0. The Morgan fingerprint density at radius 2 is 1.70 bits per heavy atom. The first-order valence-electron chi connectivity index (χ1n) is 10.3. The van der Waals surface area contributed by atoms with Crippen molar-refractivity contribution in [2.75, 3.05) is 6.61 Å². The normalized spacial score (nSPS) is 12.1. The molecule has 1 aromatic heterocycles. The van der Waals surface area contributed by atoms with Crippen LogP contribution in [0.4, 0.5) is 13.2 Å². The highest BCUT2D eigenvalue weighted by Crippen LogP contribution is 2.29. The number of hydrogen-bond acceptors (Lipinski definition) is 4. The van der Waals surface area contributed by atoms with Gasteiger partial charge in [0.1, 0.15) is 5.75 Å². The molecule has 5 N–H and O–H groups in total. The molecule has 0 radical (unpaired) electrons. The Bertz CT molecular complexity index is 1220. The summed E-state index contributed by atoms with van der Waals surface area (Å²) in [6.07, 6.45) is -5.21. The maximum absolute atomic E-state index is 12.9. The first-order valence-corrected chi connectivity index (χ1v) is 10.3. The molecule has 174 valence electrons. The number of nitrogens with zero attached hydrogens (tertiary/aromatic N) is 1. The highest BCUT2D eigenvalue weighted by molar-refractivity contribution is 6.03. The first kappa shape index (κ1) is 23.9. The van der Waals surface area contributed by atoms with E-state index in [1.807, 2.05) is 32.0 Å². The minimum Gasteiger partial charge on any atom is -0.494 e. The summed E-state index contributed by atoms with van der Waals surface area (Å²) < 4.78 is 42.1. The molecule has 33 heavy (non-hydrogen) atoms. The smallest absolute Gasteiger partial charge is 0.389 e. The number of H-pyrrole nitrogens is 1. The molecule has 2 aromatic carbocycles. The molecule has 3 rings (SSSR count). The van der Waals surface area contributed by atoms with Crippen LogP contribution in [0, 0.1) is 13.8 Å². The number of hydrazone groups is 1. The molecule has 9 heteroatoms. The zero-order valence-corrected chi connectivity index (χ0v) is 18.3. The lowest BCUT2D eigenvalue weighted by Gasteiger charge is -2.13. The predicted molar refractivity (Wildman–Crippen MR) is 123 cm³/mol. The van der Waals surface area contributed by atoms with Crippen LogP contribution in [0.2, 0.25) is 0 Å². The second-order valence-electron chi connectivity index (χ2n) is 7.71. The van der Waals surface area contributed by atoms with Gasteiger partial charge < -0.3 is 21.3 Å². The second-order valence-corrected chi connectivity index (χ2v) is 7.71. The van der Waals surface area contributed by atoms with Crippen molar-refractivity contribution < 1.29 is 17.9 Å². The number of aryl methyl sites for hydroxylation is 2. The van der Waals surface area contributed by atoms with Gasteiger partial charge in [-0.2, -0.15) is 18.3 Å². The van der Waals surface area contributed by atoms with Crippen LogP contribution < -0.4 is 21.9 Å². The molecule has 3 aromatic rings. The number of hydrogen-bond donors (Lipinski definition) is 3. The number of halogens is 3. The van der Waals surface area contributed by atoms with Crippen LogP contribution in [0.5, 0.6) is 5.75 Å². The lowest BCUT2D eigenvalue weighted by Crippen LogP contribution is -2.27. The van der Waals surface area contributed by atoms with Gasteiger partial charge in [-0.3, -0.25) is 4.79 Å². The molecular weight excluding hydrogens is 433 g/mol. The fraction of sp³-hybridized carbons (Fsp3) is 0.250. The number of amidine groups is 1. The van der Waals surface area contributed by atoms with Gasteiger partial charge in [0, 0.05) is 17.7 Å². The zero-order chi connectivity index (χ0) is 24.2. The SMILES string of the molecule is Cc1ccc(-c2cc(-c3ccc(OCCCC(F)(F)F)cc3)[nH]c(=O)c2/C(N)=N/N)cc1C. The molecular formula is C24H25F3N4O2. The zero-order valence-electron chi connectivity index (χ0n) is 18.3. The van der Waals surface area contributed by atoms with E-state index in [0.29, 0.717) is 22.6 Å². The van der Waals surface area contributed by atoms with E-state index in [9.17, 15) is 18.0 Å². The van der Waals surface area contributed by atoms with E-state index in [2.05, 4.69) is 10.1 Å². The van der Waals surface area contributed by atoms with Crippen LogP contribution in [-0.4, -0.2) is 23.6 Å². The average Bonchev–Trinajstić information content (AvgIpc) is 2.77. The Morgan fingerprint density at radius 1 is 1.03 bits per heavy atom. The van der Waals surface area contributed by atoms with E-state index >= 15 is 0 Å². The van der Waals surface area contributed by atoms with Gasteiger partial charge >= 0.3 is 6.18 Å². The summed E-state index contributed by atoms with van der Waals surface area (Å²) in [5, 5.41) is 3.50. The summed E-state index contributed by atoms with van der Waals surface area (Å²) in [5.74, 6) is 5.70. The fourth-order valence-electron chi connectivity index (χ4n) is 3.36. The van der Waals surface area contributed by atoms with Crippen LogP contribution in [0.3, 0.4) is 0 Å². The van der Waals surface area contributed by atoms with E-state index in [1.54, 1.807) is 30.3 Å². The Hall–Kier alpha value is -3.75. The van der Waals surface area contributed by atoms with Crippen LogP contribution in [0.25, 0.3) is 22.4 Å². The van der Waals surface area contributed by atoms with Crippen LogP contribution >= 0.6 is 0 Å². The molecule has 6 nitrogen and oxygen atoms in total. The summed E-state index contributed by atoms with van der Waals surface area (Å²) in [6.45, 7) is 3.92. The van der Waals surface area contributed by atoms with Crippen molar-refractivity contribution in [3.8, 4) is 28.1 Å². The molecule has 0 unspecified atom stereocenters. The molecule has 0 amide bonds. The van der Waals surface area contributed by atoms with Crippen molar-refractivity contribution >= 4 is 5.84 Å². The number of aromatic nitrogens is 1. The summed E-state index contributed by atoms with van der Waals surface area (Å²) in [4.78, 5) is 15.7. The van der Waals surface area contributed by atoms with Crippen molar-refractivity contribution in [2.24, 2.45) is 16.7 Å². The van der Waals surface area contributed by atoms with Crippen LogP contribution in [0.15, 0.2) is 58.4 Å². The monoisotopic (exact) mass is 458 g/mol. The van der Waals surface area contributed by atoms with Gasteiger partial charge in [0.25, 0.3) is 5.56 Å². The number of nitrogens with two attached hydrogens (primary N) is 2. The van der Waals surface area contributed by atoms with Gasteiger partial charge in [-0.1, -0.05) is 18.2 Å². The van der Waals surface area contributed by atoms with Gasteiger partial charge in [-0.25, -0.2) is 0 Å². The number of ether oxygens (including phenoxy) is 1. The predicted octanol–water partition coefficient (Wildman–Crippen LogP) is 4.63. The van der Waals surface area contributed by atoms with Crippen molar-refractivity contribution in [3.63, 3.8) is 0 Å². The second kappa shape index (κ2) is 9.81. The quantitative estimate of drug-likeness (QED) is 0.158.